The van der Waals surface area contributed by atoms with Crippen molar-refractivity contribution in [1.29, 1.82) is 0 Å². The van der Waals surface area contributed by atoms with Crippen LogP contribution in [-0.4, -0.2) is 33.4 Å². The molecule has 0 unspecified atom stereocenters. The average Bonchev–Trinajstić information content (AvgIpc) is 3.13. The van der Waals surface area contributed by atoms with Gasteiger partial charge in [-0.1, -0.05) is 12.1 Å². The second kappa shape index (κ2) is 9.17. The van der Waals surface area contributed by atoms with Gasteiger partial charge in [-0.2, -0.15) is 0 Å². The highest BCUT2D eigenvalue weighted by atomic mass is 32.1. The lowest BCUT2D eigenvalue weighted by atomic mass is 9.95. The third-order valence-electron chi connectivity index (χ3n) is 5.16. The van der Waals surface area contributed by atoms with E-state index in [-0.39, 0.29) is 22.6 Å². The van der Waals surface area contributed by atoms with Gasteiger partial charge < -0.3 is 9.84 Å². The van der Waals surface area contributed by atoms with E-state index in [2.05, 4.69) is 9.98 Å². The highest BCUT2D eigenvalue weighted by Gasteiger charge is 2.26. The number of aliphatic imine (C=N–C) groups is 1. The number of hydrogen-bond acceptors (Lipinski definition) is 7. The smallest absolute Gasteiger partial charge is 0.341 e. The van der Waals surface area contributed by atoms with Crippen molar-refractivity contribution in [2.24, 2.45) is 4.99 Å². The summed E-state index contributed by atoms with van der Waals surface area (Å²) in [5.74, 6) is -1.63. The van der Waals surface area contributed by atoms with Crippen molar-refractivity contribution in [3.8, 4) is 11.6 Å². The van der Waals surface area contributed by atoms with Crippen LogP contribution in [-0.2, 0) is 17.6 Å². The maximum absolute atomic E-state index is 14.3. The molecule has 3 aromatic rings. The van der Waals surface area contributed by atoms with E-state index in [1.807, 2.05) is 0 Å². The van der Waals surface area contributed by atoms with Crippen LogP contribution in [0.25, 0.3) is 5.69 Å². The van der Waals surface area contributed by atoms with Gasteiger partial charge in [0.15, 0.2) is 4.77 Å². The van der Waals surface area contributed by atoms with Crippen LogP contribution in [0.1, 0.15) is 46.1 Å². The van der Waals surface area contributed by atoms with Gasteiger partial charge >= 0.3 is 5.97 Å². The number of esters is 1. The monoisotopic (exact) mass is 473 g/mol. The largest absolute Gasteiger partial charge is 0.494 e. The molecule has 10 heteroatoms. The van der Waals surface area contributed by atoms with Crippen LogP contribution in [0.15, 0.2) is 34.1 Å². The van der Waals surface area contributed by atoms with Gasteiger partial charge in [-0.25, -0.2) is 14.2 Å². The summed E-state index contributed by atoms with van der Waals surface area (Å²) in [5, 5.41) is 11.2. The first-order valence-electron chi connectivity index (χ1n) is 10.1. The molecule has 0 bridgehead atoms. The van der Waals surface area contributed by atoms with Crippen molar-refractivity contribution in [1.82, 2.24) is 9.55 Å². The van der Waals surface area contributed by atoms with E-state index in [9.17, 15) is 19.1 Å². The first kappa shape index (κ1) is 22.1. The van der Waals surface area contributed by atoms with E-state index in [0.717, 1.165) is 40.7 Å². The summed E-state index contributed by atoms with van der Waals surface area (Å²) >= 11 is 6.50. The molecular formula is C22H20FN3O4S2. The molecule has 2 aromatic heterocycles. The Hall–Kier alpha value is -3.11. The van der Waals surface area contributed by atoms with Crippen LogP contribution in [0.3, 0.4) is 0 Å². The number of carbonyl (C=O) groups is 1. The molecule has 0 saturated heterocycles. The Morgan fingerprint density at radius 2 is 2.12 bits per heavy atom. The summed E-state index contributed by atoms with van der Waals surface area (Å²) in [6, 6.07) is 5.73. The number of nitrogens with zero attached hydrogens (tertiary/aromatic N) is 2. The molecule has 166 valence electrons. The highest BCUT2D eigenvalue weighted by molar-refractivity contribution is 7.71. The van der Waals surface area contributed by atoms with Crippen molar-refractivity contribution in [3.05, 3.63) is 66.8 Å². The van der Waals surface area contributed by atoms with E-state index >= 15 is 0 Å². The fraction of sp³-hybridized carbons (Fsp3) is 0.273. The number of aromatic hydroxyl groups is 1. The molecule has 1 aliphatic rings. The first-order valence-corrected chi connectivity index (χ1v) is 11.3. The minimum Gasteiger partial charge on any atom is -0.494 e. The number of hydrogen-bond donors (Lipinski definition) is 2. The molecule has 1 aromatic carbocycles. The lowest BCUT2D eigenvalue weighted by Crippen LogP contribution is -2.18. The van der Waals surface area contributed by atoms with E-state index in [4.69, 9.17) is 17.0 Å². The number of halogens is 1. The Kier molecular flexibility index (Phi) is 6.33. The van der Waals surface area contributed by atoms with Crippen LogP contribution in [0.5, 0.6) is 5.88 Å². The molecular weight excluding hydrogens is 453 g/mol. The number of para-hydroxylation sites is 1. The topological polar surface area (TPSA) is 96.7 Å². The molecule has 32 heavy (non-hydrogen) atoms. The number of rotatable bonds is 5. The van der Waals surface area contributed by atoms with E-state index in [0.29, 0.717) is 10.6 Å². The third kappa shape index (κ3) is 4.03. The average molecular weight is 474 g/mol. The van der Waals surface area contributed by atoms with E-state index < -0.39 is 23.2 Å². The summed E-state index contributed by atoms with van der Waals surface area (Å²) in [7, 11) is 0. The number of carbonyl (C=O) groups excluding carboxylic acids is 1. The number of fused-ring (bicyclic) bond motifs is 1. The van der Waals surface area contributed by atoms with Gasteiger partial charge in [0.25, 0.3) is 5.56 Å². The molecule has 7 nitrogen and oxygen atoms in total. The summed E-state index contributed by atoms with van der Waals surface area (Å²) in [6.07, 6.45) is 4.79. The normalized spacial score (nSPS) is 13.3. The van der Waals surface area contributed by atoms with Gasteiger partial charge in [0.05, 0.1) is 17.9 Å². The Morgan fingerprint density at radius 3 is 2.88 bits per heavy atom. The van der Waals surface area contributed by atoms with Crippen molar-refractivity contribution in [2.45, 2.75) is 32.6 Å². The Labute approximate surface area is 191 Å². The predicted molar refractivity (Wildman–Crippen MR) is 123 cm³/mol. The van der Waals surface area contributed by atoms with Gasteiger partial charge in [-0.15, -0.1) is 11.3 Å². The number of aromatic amines is 1. The third-order valence-corrected chi connectivity index (χ3v) is 6.64. The molecule has 0 radical (unpaired) electrons. The van der Waals surface area contributed by atoms with Crippen LogP contribution in [0.2, 0.25) is 0 Å². The lowest BCUT2D eigenvalue weighted by molar-refractivity contribution is 0.0526. The minimum absolute atomic E-state index is 0.0142. The van der Waals surface area contributed by atoms with E-state index in [1.54, 1.807) is 13.0 Å². The molecule has 0 amide bonds. The predicted octanol–water partition coefficient (Wildman–Crippen LogP) is 4.61. The van der Waals surface area contributed by atoms with Gasteiger partial charge in [0.1, 0.15) is 16.4 Å². The fourth-order valence-corrected chi connectivity index (χ4v) is 5.19. The van der Waals surface area contributed by atoms with Gasteiger partial charge in [0.2, 0.25) is 5.88 Å². The Bertz CT molecular complexity index is 1340. The molecule has 4 rings (SSSR count). The maximum Gasteiger partial charge on any atom is 0.341 e. The molecule has 0 fully saturated rings. The number of ether oxygens (including phenoxy) is 1. The van der Waals surface area contributed by atoms with Crippen LogP contribution in [0.4, 0.5) is 9.39 Å². The number of aromatic nitrogens is 2. The summed E-state index contributed by atoms with van der Waals surface area (Å²) in [6.45, 7) is 1.96. The summed E-state index contributed by atoms with van der Waals surface area (Å²) < 4.78 is 20.4. The number of benzene rings is 1. The standard InChI is InChI=1S/C22H20FN3O4S2/c1-2-30-21(29)17-12-7-3-6-10-16(12)32-19(17)24-11-13-18(27)25-22(31)26(20(13)28)15-9-5-4-8-14(15)23/h4-5,8-9,11,28H,2-3,6-7,10H2,1H3,(H,25,27,31)/b24-11+. The SMILES string of the molecule is CCOC(=O)c1c(/N=C/c2c(O)n(-c3ccccc3F)c(=S)[nH]c2=O)sc2c1CCCC2. The second-order valence-corrected chi connectivity index (χ2v) is 8.62. The quantitative estimate of drug-likeness (QED) is 0.321. The van der Waals surface area contributed by atoms with Crippen LogP contribution < -0.4 is 5.56 Å². The maximum atomic E-state index is 14.3. The molecule has 0 aliphatic heterocycles. The second-order valence-electron chi connectivity index (χ2n) is 7.15. The van der Waals surface area contributed by atoms with Crippen molar-refractivity contribution in [2.75, 3.05) is 6.61 Å². The molecule has 1 aliphatic carbocycles. The van der Waals surface area contributed by atoms with Crippen LogP contribution >= 0.6 is 23.6 Å². The number of H-pyrrole nitrogens is 1. The first-order chi connectivity index (χ1) is 15.4. The van der Waals surface area contributed by atoms with Crippen molar-refractivity contribution in [3.63, 3.8) is 0 Å². The molecule has 0 spiro atoms. The molecule has 2 N–H and O–H groups in total. The van der Waals surface area contributed by atoms with Gasteiger partial charge in [-0.3, -0.25) is 14.3 Å². The molecule has 0 saturated carbocycles. The zero-order valence-electron chi connectivity index (χ0n) is 17.2. The Balaban J connectivity index is 1.83. The highest BCUT2D eigenvalue weighted by Crippen LogP contribution is 2.40. The number of nitrogens with one attached hydrogen (secondary N) is 1. The number of aryl methyl sites for hydroxylation is 1. The van der Waals surface area contributed by atoms with Gasteiger partial charge in [-0.05, 0) is 62.5 Å². The molecule has 0 atom stereocenters. The summed E-state index contributed by atoms with van der Waals surface area (Å²) in [5.41, 5.74) is 0.443. The number of thiophene rings is 1. The zero-order chi connectivity index (χ0) is 22.8. The summed E-state index contributed by atoms with van der Waals surface area (Å²) in [4.78, 5) is 33.0. The minimum atomic E-state index is -0.678. The van der Waals surface area contributed by atoms with Crippen LogP contribution in [0, 0.1) is 10.6 Å². The fourth-order valence-electron chi connectivity index (χ4n) is 3.69. The Morgan fingerprint density at radius 1 is 1.38 bits per heavy atom. The molecule has 2 heterocycles. The zero-order valence-corrected chi connectivity index (χ0v) is 18.8. The van der Waals surface area contributed by atoms with Gasteiger partial charge in [0, 0.05) is 11.1 Å². The van der Waals surface area contributed by atoms with E-state index in [1.165, 1.54) is 35.8 Å². The van der Waals surface area contributed by atoms with Crippen molar-refractivity contribution >= 4 is 40.7 Å². The lowest BCUT2D eigenvalue weighted by Gasteiger charge is -2.12. The van der Waals surface area contributed by atoms with Crippen molar-refractivity contribution < 1.29 is 19.0 Å².